The summed E-state index contributed by atoms with van der Waals surface area (Å²) in [6.07, 6.45) is 1.06. The van der Waals surface area contributed by atoms with E-state index in [0.717, 1.165) is 10.9 Å². The Bertz CT molecular complexity index is 569. The molecule has 6 heteroatoms. The number of rotatable bonds is 4. The van der Waals surface area contributed by atoms with Gasteiger partial charge in [-0.2, -0.15) is 0 Å². The highest BCUT2D eigenvalue weighted by Gasteiger charge is 2.45. The third-order valence-electron chi connectivity index (χ3n) is 3.50. The molecule has 1 aliphatic carbocycles. The van der Waals surface area contributed by atoms with Crippen molar-refractivity contribution in [1.29, 1.82) is 0 Å². The van der Waals surface area contributed by atoms with Gasteiger partial charge in [0.15, 0.2) is 0 Å². The Morgan fingerprint density at radius 3 is 2.61 bits per heavy atom. The Morgan fingerprint density at radius 1 is 1.50 bits per heavy atom. The topological polar surface area (TPSA) is 72.2 Å². The number of nitrogens with one attached hydrogen (secondary N) is 1. The zero-order chi connectivity index (χ0) is 13.6. The van der Waals surface area contributed by atoms with Gasteiger partial charge in [-0.25, -0.2) is 13.1 Å². The maximum atomic E-state index is 12.1. The summed E-state index contributed by atoms with van der Waals surface area (Å²) in [6, 6.07) is 4.78. The molecule has 1 fully saturated rings. The Hall–Kier alpha value is -0.590. The predicted octanol–water partition coefficient (Wildman–Crippen LogP) is 2.36. The molecule has 0 spiro atoms. The number of nitrogen functional groups attached to an aromatic ring is 1. The van der Waals surface area contributed by atoms with Crippen molar-refractivity contribution in [3.8, 4) is 0 Å². The van der Waals surface area contributed by atoms with Crippen LogP contribution in [0.25, 0.3) is 0 Å². The van der Waals surface area contributed by atoms with Crippen LogP contribution in [0.4, 0.5) is 5.69 Å². The first-order chi connectivity index (χ1) is 8.22. The van der Waals surface area contributed by atoms with Crippen molar-refractivity contribution >= 4 is 31.6 Å². The fourth-order valence-corrected chi connectivity index (χ4v) is 3.55. The van der Waals surface area contributed by atoms with Gasteiger partial charge in [0.05, 0.1) is 5.69 Å². The minimum Gasteiger partial charge on any atom is -0.398 e. The molecule has 0 amide bonds. The van der Waals surface area contributed by atoms with Crippen molar-refractivity contribution in [2.75, 3.05) is 12.3 Å². The molecule has 0 saturated heterocycles. The van der Waals surface area contributed by atoms with E-state index in [1.165, 1.54) is 6.07 Å². The Morgan fingerprint density at radius 2 is 2.11 bits per heavy atom. The van der Waals surface area contributed by atoms with Crippen molar-refractivity contribution in [2.45, 2.75) is 25.2 Å². The van der Waals surface area contributed by atoms with Gasteiger partial charge in [0.1, 0.15) is 4.90 Å². The maximum Gasteiger partial charge on any atom is 0.242 e. The molecule has 1 aromatic carbocycles. The van der Waals surface area contributed by atoms with Crippen molar-refractivity contribution in [3.63, 3.8) is 0 Å². The number of nitrogens with two attached hydrogens (primary N) is 1. The summed E-state index contributed by atoms with van der Waals surface area (Å²) in [5.74, 6) is 0.420. The lowest BCUT2D eigenvalue weighted by Crippen LogP contribution is -2.27. The largest absolute Gasteiger partial charge is 0.398 e. The van der Waals surface area contributed by atoms with Crippen LogP contribution in [-0.2, 0) is 10.0 Å². The second-order valence-electron chi connectivity index (χ2n) is 5.42. The van der Waals surface area contributed by atoms with Gasteiger partial charge < -0.3 is 5.73 Å². The monoisotopic (exact) mass is 332 g/mol. The molecular formula is C12H17BrN2O2S. The van der Waals surface area contributed by atoms with Gasteiger partial charge in [-0.15, -0.1) is 0 Å². The highest BCUT2D eigenvalue weighted by atomic mass is 79.9. The second kappa shape index (κ2) is 4.51. The van der Waals surface area contributed by atoms with E-state index in [9.17, 15) is 8.42 Å². The summed E-state index contributed by atoms with van der Waals surface area (Å²) in [5, 5.41) is 0. The first kappa shape index (κ1) is 13.8. The normalized spacial score (nSPS) is 21.8. The summed E-state index contributed by atoms with van der Waals surface area (Å²) >= 11 is 3.25. The van der Waals surface area contributed by atoms with Gasteiger partial charge in [-0.05, 0) is 36.0 Å². The average molecular weight is 333 g/mol. The lowest BCUT2D eigenvalue weighted by atomic mass is 10.1. The number of halogens is 1. The number of hydrogen-bond donors (Lipinski definition) is 2. The predicted molar refractivity (Wildman–Crippen MR) is 75.6 cm³/mol. The molecule has 0 bridgehead atoms. The fourth-order valence-electron chi connectivity index (χ4n) is 1.98. The van der Waals surface area contributed by atoms with Crippen LogP contribution in [0.3, 0.4) is 0 Å². The summed E-state index contributed by atoms with van der Waals surface area (Å²) in [5.41, 5.74) is 6.25. The first-order valence-corrected chi connectivity index (χ1v) is 8.05. The molecule has 0 heterocycles. The lowest BCUT2D eigenvalue weighted by molar-refractivity contribution is 0.538. The molecule has 1 saturated carbocycles. The Labute approximate surface area is 116 Å². The van der Waals surface area contributed by atoms with E-state index < -0.39 is 10.0 Å². The molecule has 1 atom stereocenters. The first-order valence-electron chi connectivity index (χ1n) is 5.77. The van der Waals surface area contributed by atoms with Crippen molar-refractivity contribution < 1.29 is 8.42 Å². The SMILES string of the molecule is CC1(C)CC1CNS(=O)(=O)c1ccc(Br)cc1N. The molecule has 1 aromatic rings. The minimum atomic E-state index is -3.51. The van der Waals surface area contributed by atoms with Crippen LogP contribution >= 0.6 is 15.9 Å². The van der Waals surface area contributed by atoms with E-state index in [1.54, 1.807) is 12.1 Å². The van der Waals surface area contributed by atoms with E-state index in [1.807, 2.05) is 0 Å². The minimum absolute atomic E-state index is 0.143. The van der Waals surface area contributed by atoms with E-state index in [2.05, 4.69) is 34.5 Å². The molecule has 1 unspecified atom stereocenters. The average Bonchev–Trinajstić information content (AvgIpc) is 2.83. The zero-order valence-corrected chi connectivity index (χ0v) is 12.8. The zero-order valence-electron chi connectivity index (χ0n) is 10.4. The molecule has 2 rings (SSSR count). The van der Waals surface area contributed by atoms with Crippen LogP contribution in [0.1, 0.15) is 20.3 Å². The van der Waals surface area contributed by atoms with Crippen molar-refractivity contribution in [3.05, 3.63) is 22.7 Å². The number of sulfonamides is 1. The van der Waals surface area contributed by atoms with Crippen molar-refractivity contribution in [2.24, 2.45) is 11.3 Å². The summed E-state index contributed by atoms with van der Waals surface area (Å²) < 4.78 is 27.6. The molecule has 100 valence electrons. The maximum absolute atomic E-state index is 12.1. The van der Waals surface area contributed by atoms with E-state index in [-0.39, 0.29) is 16.0 Å². The van der Waals surface area contributed by atoms with E-state index in [0.29, 0.717) is 12.5 Å². The molecule has 1 aliphatic rings. The molecule has 0 radical (unpaired) electrons. The fraction of sp³-hybridized carbons (Fsp3) is 0.500. The highest BCUT2D eigenvalue weighted by molar-refractivity contribution is 9.10. The number of benzene rings is 1. The third-order valence-corrected chi connectivity index (χ3v) is 5.49. The van der Waals surface area contributed by atoms with Gasteiger partial charge in [0, 0.05) is 11.0 Å². The summed E-state index contributed by atoms with van der Waals surface area (Å²) in [6.45, 7) is 4.75. The Balaban J connectivity index is 2.11. The van der Waals surface area contributed by atoms with Crippen LogP contribution in [0, 0.1) is 11.3 Å². The smallest absolute Gasteiger partial charge is 0.242 e. The van der Waals surface area contributed by atoms with Crippen molar-refractivity contribution in [1.82, 2.24) is 4.72 Å². The van der Waals surface area contributed by atoms with Crippen LogP contribution < -0.4 is 10.5 Å². The molecule has 3 N–H and O–H groups in total. The number of hydrogen-bond acceptors (Lipinski definition) is 3. The third kappa shape index (κ3) is 2.87. The molecule has 0 aliphatic heterocycles. The van der Waals surface area contributed by atoms with Gasteiger partial charge in [-0.3, -0.25) is 0 Å². The van der Waals surface area contributed by atoms with Gasteiger partial charge in [0.25, 0.3) is 0 Å². The highest BCUT2D eigenvalue weighted by Crippen LogP contribution is 2.51. The summed E-state index contributed by atoms with van der Waals surface area (Å²) in [4.78, 5) is 0.143. The van der Waals surface area contributed by atoms with Crippen LogP contribution in [0.5, 0.6) is 0 Å². The van der Waals surface area contributed by atoms with Crippen LogP contribution in [-0.4, -0.2) is 15.0 Å². The van der Waals surface area contributed by atoms with E-state index >= 15 is 0 Å². The standard InChI is InChI=1S/C12H17BrN2O2S/c1-12(2)6-8(12)7-15-18(16,17)11-4-3-9(13)5-10(11)14/h3-5,8,15H,6-7,14H2,1-2H3. The summed E-state index contributed by atoms with van der Waals surface area (Å²) in [7, 11) is -3.51. The van der Waals surface area contributed by atoms with Gasteiger partial charge in [0.2, 0.25) is 10.0 Å². The quantitative estimate of drug-likeness (QED) is 0.831. The molecule has 4 nitrogen and oxygen atoms in total. The lowest BCUT2D eigenvalue weighted by Gasteiger charge is -2.10. The van der Waals surface area contributed by atoms with Crippen LogP contribution in [0.2, 0.25) is 0 Å². The Kier molecular flexibility index (Phi) is 3.46. The molecule has 18 heavy (non-hydrogen) atoms. The van der Waals surface area contributed by atoms with Gasteiger partial charge in [-0.1, -0.05) is 29.8 Å². The number of anilines is 1. The molecular weight excluding hydrogens is 316 g/mol. The van der Waals surface area contributed by atoms with Gasteiger partial charge >= 0.3 is 0 Å². The van der Waals surface area contributed by atoms with Crippen LogP contribution in [0.15, 0.2) is 27.6 Å². The second-order valence-corrected chi connectivity index (χ2v) is 8.07. The van der Waals surface area contributed by atoms with E-state index in [4.69, 9.17) is 5.73 Å². The molecule has 0 aromatic heterocycles.